The van der Waals surface area contributed by atoms with Gasteiger partial charge in [-0.3, -0.25) is 4.98 Å². The number of aromatic nitrogens is 1. The predicted molar refractivity (Wildman–Crippen MR) is 62.4 cm³/mol. The molecule has 0 radical (unpaired) electrons. The maximum absolute atomic E-state index is 4.14. The molecule has 0 aliphatic rings. The smallest absolute Gasteiger partial charge is 0.0346 e. The van der Waals surface area contributed by atoms with E-state index in [0.717, 1.165) is 6.54 Å². The topological polar surface area (TPSA) is 24.9 Å². The van der Waals surface area contributed by atoms with E-state index >= 15 is 0 Å². The molecular weight excluding hydrogens is 184 g/mol. The molecule has 1 aromatic heterocycles. The van der Waals surface area contributed by atoms with E-state index in [9.17, 15) is 0 Å². The SMILES string of the molecule is CNCc1ccccc1-c1cccnc1. The Morgan fingerprint density at radius 2 is 2.00 bits per heavy atom. The van der Waals surface area contributed by atoms with Crippen molar-refractivity contribution in [3.05, 3.63) is 54.4 Å². The Morgan fingerprint density at radius 1 is 1.13 bits per heavy atom. The lowest BCUT2D eigenvalue weighted by Crippen LogP contribution is -2.06. The zero-order valence-corrected chi connectivity index (χ0v) is 8.77. The highest BCUT2D eigenvalue weighted by molar-refractivity contribution is 5.66. The molecule has 0 saturated heterocycles. The van der Waals surface area contributed by atoms with Crippen molar-refractivity contribution in [2.45, 2.75) is 6.54 Å². The third kappa shape index (κ3) is 2.22. The molecule has 1 heterocycles. The molecule has 76 valence electrons. The Labute approximate surface area is 90.0 Å². The van der Waals surface area contributed by atoms with E-state index in [-0.39, 0.29) is 0 Å². The highest BCUT2D eigenvalue weighted by Gasteiger charge is 2.02. The molecule has 2 nitrogen and oxygen atoms in total. The molecule has 0 bridgehead atoms. The number of rotatable bonds is 3. The van der Waals surface area contributed by atoms with Crippen LogP contribution in [0.2, 0.25) is 0 Å². The Hall–Kier alpha value is -1.67. The number of nitrogens with zero attached hydrogens (tertiary/aromatic N) is 1. The van der Waals surface area contributed by atoms with E-state index in [4.69, 9.17) is 0 Å². The summed E-state index contributed by atoms with van der Waals surface area (Å²) in [5, 5.41) is 3.17. The van der Waals surface area contributed by atoms with Gasteiger partial charge >= 0.3 is 0 Å². The largest absolute Gasteiger partial charge is 0.316 e. The monoisotopic (exact) mass is 198 g/mol. The van der Waals surface area contributed by atoms with Crippen LogP contribution < -0.4 is 5.32 Å². The Kier molecular flexibility index (Phi) is 3.10. The normalized spacial score (nSPS) is 10.2. The minimum absolute atomic E-state index is 0.880. The van der Waals surface area contributed by atoms with E-state index in [1.165, 1.54) is 16.7 Å². The molecule has 0 unspecified atom stereocenters. The third-order valence-electron chi connectivity index (χ3n) is 2.36. The van der Waals surface area contributed by atoms with Crippen LogP contribution in [0.3, 0.4) is 0 Å². The van der Waals surface area contributed by atoms with E-state index in [2.05, 4.69) is 40.6 Å². The molecule has 1 aromatic carbocycles. The molecular formula is C13H14N2. The van der Waals surface area contributed by atoms with Gasteiger partial charge in [0, 0.05) is 24.5 Å². The van der Waals surface area contributed by atoms with Gasteiger partial charge in [-0.15, -0.1) is 0 Å². The van der Waals surface area contributed by atoms with Gasteiger partial charge in [-0.25, -0.2) is 0 Å². The van der Waals surface area contributed by atoms with Gasteiger partial charge in [0.2, 0.25) is 0 Å². The Morgan fingerprint density at radius 3 is 2.73 bits per heavy atom. The molecule has 0 saturated carbocycles. The lowest BCUT2D eigenvalue weighted by Gasteiger charge is -2.08. The summed E-state index contributed by atoms with van der Waals surface area (Å²) in [7, 11) is 1.96. The molecule has 2 heteroatoms. The number of nitrogens with one attached hydrogen (secondary N) is 1. The van der Waals surface area contributed by atoms with Gasteiger partial charge in [0.15, 0.2) is 0 Å². The first-order chi connectivity index (χ1) is 7.42. The fourth-order valence-corrected chi connectivity index (χ4v) is 1.67. The minimum Gasteiger partial charge on any atom is -0.316 e. The summed E-state index contributed by atoms with van der Waals surface area (Å²) in [6.07, 6.45) is 3.69. The quantitative estimate of drug-likeness (QED) is 0.819. The van der Waals surface area contributed by atoms with Crippen LogP contribution in [0.1, 0.15) is 5.56 Å². The zero-order valence-electron chi connectivity index (χ0n) is 8.77. The molecule has 1 N–H and O–H groups in total. The molecule has 0 aliphatic carbocycles. The highest BCUT2D eigenvalue weighted by atomic mass is 14.8. The van der Waals surface area contributed by atoms with Crippen molar-refractivity contribution < 1.29 is 0 Å². The molecule has 2 rings (SSSR count). The molecule has 0 amide bonds. The van der Waals surface area contributed by atoms with Crippen molar-refractivity contribution in [1.82, 2.24) is 10.3 Å². The van der Waals surface area contributed by atoms with Crippen LogP contribution >= 0.6 is 0 Å². The van der Waals surface area contributed by atoms with Crippen LogP contribution in [0, 0.1) is 0 Å². The van der Waals surface area contributed by atoms with Crippen LogP contribution in [-0.4, -0.2) is 12.0 Å². The van der Waals surface area contributed by atoms with Crippen molar-refractivity contribution in [3.8, 4) is 11.1 Å². The molecule has 15 heavy (non-hydrogen) atoms. The van der Waals surface area contributed by atoms with E-state index in [0.29, 0.717) is 0 Å². The summed E-state index contributed by atoms with van der Waals surface area (Å²) in [6.45, 7) is 0.880. The average molecular weight is 198 g/mol. The van der Waals surface area contributed by atoms with E-state index in [1.807, 2.05) is 19.3 Å². The molecule has 2 aromatic rings. The average Bonchev–Trinajstić information content (AvgIpc) is 2.31. The van der Waals surface area contributed by atoms with Gasteiger partial charge in [0.1, 0.15) is 0 Å². The van der Waals surface area contributed by atoms with Crippen LogP contribution in [0.25, 0.3) is 11.1 Å². The molecule has 0 fully saturated rings. The third-order valence-corrected chi connectivity index (χ3v) is 2.36. The standard InChI is InChI=1S/C13H14N2/c1-14-9-11-5-2-3-7-13(11)12-6-4-8-15-10-12/h2-8,10,14H,9H2,1H3. The van der Waals surface area contributed by atoms with Crippen LogP contribution in [0.4, 0.5) is 0 Å². The van der Waals surface area contributed by atoms with Crippen molar-refractivity contribution >= 4 is 0 Å². The maximum atomic E-state index is 4.14. The van der Waals surface area contributed by atoms with Crippen molar-refractivity contribution in [1.29, 1.82) is 0 Å². The first-order valence-electron chi connectivity index (χ1n) is 5.04. The maximum Gasteiger partial charge on any atom is 0.0346 e. The highest BCUT2D eigenvalue weighted by Crippen LogP contribution is 2.22. The first-order valence-corrected chi connectivity index (χ1v) is 5.04. The number of hydrogen-bond acceptors (Lipinski definition) is 2. The van der Waals surface area contributed by atoms with Crippen molar-refractivity contribution in [3.63, 3.8) is 0 Å². The minimum atomic E-state index is 0.880. The van der Waals surface area contributed by atoms with Gasteiger partial charge < -0.3 is 5.32 Å². The van der Waals surface area contributed by atoms with E-state index < -0.39 is 0 Å². The van der Waals surface area contributed by atoms with Crippen molar-refractivity contribution in [2.75, 3.05) is 7.05 Å². The second kappa shape index (κ2) is 4.71. The summed E-state index contributed by atoms with van der Waals surface area (Å²) in [5.41, 5.74) is 3.72. The molecule has 0 spiro atoms. The Balaban J connectivity index is 2.43. The summed E-state index contributed by atoms with van der Waals surface area (Å²) < 4.78 is 0. The number of hydrogen-bond donors (Lipinski definition) is 1. The van der Waals surface area contributed by atoms with Crippen LogP contribution in [-0.2, 0) is 6.54 Å². The second-order valence-corrected chi connectivity index (χ2v) is 3.43. The van der Waals surface area contributed by atoms with E-state index in [1.54, 1.807) is 6.20 Å². The summed E-state index contributed by atoms with van der Waals surface area (Å²) in [6, 6.07) is 12.4. The fraction of sp³-hybridized carbons (Fsp3) is 0.154. The van der Waals surface area contributed by atoms with Crippen molar-refractivity contribution in [2.24, 2.45) is 0 Å². The van der Waals surface area contributed by atoms with Gasteiger partial charge in [-0.05, 0) is 24.2 Å². The van der Waals surface area contributed by atoms with Gasteiger partial charge in [0.05, 0.1) is 0 Å². The molecule has 0 atom stereocenters. The predicted octanol–water partition coefficient (Wildman–Crippen LogP) is 2.47. The van der Waals surface area contributed by atoms with Crippen LogP contribution in [0.15, 0.2) is 48.8 Å². The molecule has 0 aliphatic heterocycles. The zero-order chi connectivity index (χ0) is 10.5. The fourth-order valence-electron chi connectivity index (χ4n) is 1.67. The number of benzene rings is 1. The van der Waals surface area contributed by atoms with Gasteiger partial charge in [-0.2, -0.15) is 0 Å². The summed E-state index contributed by atoms with van der Waals surface area (Å²) in [5.74, 6) is 0. The number of pyridine rings is 1. The van der Waals surface area contributed by atoms with Crippen LogP contribution in [0.5, 0.6) is 0 Å². The first kappa shape index (κ1) is 9.87. The summed E-state index contributed by atoms with van der Waals surface area (Å²) in [4.78, 5) is 4.14. The van der Waals surface area contributed by atoms with Gasteiger partial charge in [0.25, 0.3) is 0 Å². The second-order valence-electron chi connectivity index (χ2n) is 3.43. The lowest BCUT2D eigenvalue weighted by atomic mass is 10.0. The summed E-state index contributed by atoms with van der Waals surface area (Å²) >= 11 is 0. The Bertz CT molecular complexity index is 424. The van der Waals surface area contributed by atoms with Gasteiger partial charge in [-0.1, -0.05) is 30.3 Å². The lowest BCUT2D eigenvalue weighted by molar-refractivity contribution is 0.819.